The zero-order valence-corrected chi connectivity index (χ0v) is 13.5. The molecular formula is C14H25N3O2S. The Balaban J connectivity index is 2.67. The van der Waals surface area contributed by atoms with Crippen LogP contribution in [0.2, 0.25) is 0 Å². The summed E-state index contributed by atoms with van der Waals surface area (Å²) >= 11 is 0. The van der Waals surface area contributed by atoms with E-state index in [9.17, 15) is 8.42 Å². The molecule has 114 valence electrons. The molecule has 0 aliphatic carbocycles. The van der Waals surface area contributed by atoms with Crippen LogP contribution < -0.4 is 10.0 Å². The van der Waals surface area contributed by atoms with Crippen molar-refractivity contribution in [3.8, 4) is 0 Å². The molecule has 0 bridgehead atoms. The number of likely N-dealkylation sites (N-methyl/N-ethyl adjacent to an activating group) is 1. The zero-order valence-electron chi connectivity index (χ0n) is 12.7. The first-order valence-electron chi connectivity index (χ1n) is 6.89. The smallest absolute Gasteiger partial charge is 0.242 e. The molecule has 5 nitrogen and oxygen atoms in total. The van der Waals surface area contributed by atoms with Gasteiger partial charge in [0.2, 0.25) is 10.0 Å². The van der Waals surface area contributed by atoms with Crippen molar-refractivity contribution in [2.24, 2.45) is 0 Å². The third-order valence-corrected chi connectivity index (χ3v) is 5.06. The average molecular weight is 299 g/mol. The second-order valence-corrected chi connectivity index (χ2v) is 6.62. The van der Waals surface area contributed by atoms with E-state index in [0.29, 0.717) is 24.8 Å². The van der Waals surface area contributed by atoms with Crippen molar-refractivity contribution in [2.75, 3.05) is 32.5 Å². The van der Waals surface area contributed by atoms with Crippen LogP contribution in [-0.2, 0) is 10.0 Å². The van der Waals surface area contributed by atoms with E-state index in [1.807, 2.05) is 13.1 Å². The van der Waals surface area contributed by atoms with Gasteiger partial charge in [0.25, 0.3) is 0 Å². The molecule has 0 fully saturated rings. The number of rotatable bonds is 8. The lowest BCUT2D eigenvalue weighted by molar-refractivity contribution is 0.256. The lowest BCUT2D eigenvalue weighted by atomic mass is 10.2. The number of nitrogens with one attached hydrogen (secondary N) is 2. The molecule has 0 aliphatic rings. The largest absolute Gasteiger partial charge is 0.387 e. The van der Waals surface area contributed by atoms with Crippen molar-refractivity contribution < 1.29 is 8.42 Å². The van der Waals surface area contributed by atoms with E-state index in [1.54, 1.807) is 25.2 Å². The highest BCUT2D eigenvalue weighted by molar-refractivity contribution is 7.89. The minimum Gasteiger partial charge on any atom is -0.387 e. The fourth-order valence-electron chi connectivity index (χ4n) is 1.87. The summed E-state index contributed by atoms with van der Waals surface area (Å²) in [6, 6.07) is 7.33. The molecule has 1 aromatic rings. The monoisotopic (exact) mass is 299 g/mol. The van der Waals surface area contributed by atoms with Crippen molar-refractivity contribution >= 4 is 15.7 Å². The summed E-state index contributed by atoms with van der Waals surface area (Å²) in [5.41, 5.74) is 0.607. The number of hydrogen-bond donors (Lipinski definition) is 2. The third-order valence-electron chi connectivity index (χ3n) is 3.55. The highest BCUT2D eigenvalue weighted by Crippen LogP contribution is 2.19. The van der Waals surface area contributed by atoms with E-state index in [2.05, 4.69) is 28.8 Å². The molecule has 0 heterocycles. The lowest BCUT2D eigenvalue weighted by Gasteiger charge is -2.23. The number of para-hydroxylation sites is 1. The summed E-state index contributed by atoms with van der Waals surface area (Å²) in [6.45, 7) is 5.34. The molecule has 1 rings (SSSR count). The Morgan fingerprint density at radius 3 is 2.55 bits per heavy atom. The Bertz CT molecular complexity index is 517. The summed E-state index contributed by atoms with van der Waals surface area (Å²) < 4.78 is 27.2. The molecule has 0 spiro atoms. The van der Waals surface area contributed by atoms with Gasteiger partial charge in [-0.3, -0.25) is 0 Å². The van der Waals surface area contributed by atoms with Gasteiger partial charge in [-0.1, -0.05) is 19.1 Å². The molecule has 0 saturated heterocycles. The second kappa shape index (κ2) is 7.61. The molecule has 0 aromatic heterocycles. The first-order valence-corrected chi connectivity index (χ1v) is 8.37. The maximum absolute atomic E-state index is 12.3. The molecule has 20 heavy (non-hydrogen) atoms. The van der Waals surface area contributed by atoms with Crippen molar-refractivity contribution in [1.29, 1.82) is 0 Å². The quantitative estimate of drug-likeness (QED) is 0.767. The van der Waals surface area contributed by atoms with Crippen molar-refractivity contribution in [1.82, 2.24) is 9.62 Å². The summed E-state index contributed by atoms with van der Waals surface area (Å²) in [6.07, 6.45) is 1.05. The summed E-state index contributed by atoms with van der Waals surface area (Å²) in [5.74, 6) is 0. The van der Waals surface area contributed by atoms with E-state index in [0.717, 1.165) is 6.42 Å². The second-order valence-electron chi connectivity index (χ2n) is 4.88. The maximum Gasteiger partial charge on any atom is 0.242 e. The van der Waals surface area contributed by atoms with Gasteiger partial charge in [0, 0.05) is 26.2 Å². The minimum atomic E-state index is -3.47. The normalized spacial score (nSPS) is 13.4. The molecule has 1 aromatic carbocycles. The van der Waals surface area contributed by atoms with Gasteiger partial charge < -0.3 is 10.2 Å². The molecular weight excluding hydrogens is 274 g/mol. The van der Waals surface area contributed by atoms with Crippen LogP contribution in [0.15, 0.2) is 29.2 Å². The topological polar surface area (TPSA) is 61.4 Å². The molecule has 0 amide bonds. The van der Waals surface area contributed by atoms with Gasteiger partial charge in [-0.2, -0.15) is 0 Å². The predicted molar refractivity (Wildman–Crippen MR) is 83.6 cm³/mol. The Hall–Kier alpha value is -1.11. The van der Waals surface area contributed by atoms with Crippen molar-refractivity contribution in [2.45, 2.75) is 31.2 Å². The van der Waals surface area contributed by atoms with Gasteiger partial charge in [0.1, 0.15) is 4.90 Å². The first-order chi connectivity index (χ1) is 9.42. The molecule has 2 N–H and O–H groups in total. The fraction of sp³-hybridized carbons (Fsp3) is 0.571. The van der Waals surface area contributed by atoms with E-state index in [-0.39, 0.29) is 4.90 Å². The summed E-state index contributed by atoms with van der Waals surface area (Å²) in [7, 11) is 0.247. The maximum atomic E-state index is 12.3. The molecule has 1 atom stereocenters. The standard InChI is InChI=1S/C14H25N3O2S/c1-5-12(2)17(4)11-10-16-20(18,19)14-9-7-6-8-13(14)15-3/h6-9,12,15-16H,5,10-11H2,1-4H3. The lowest BCUT2D eigenvalue weighted by Crippen LogP contribution is -2.37. The highest BCUT2D eigenvalue weighted by Gasteiger charge is 2.17. The van der Waals surface area contributed by atoms with E-state index < -0.39 is 10.0 Å². The Morgan fingerprint density at radius 2 is 1.95 bits per heavy atom. The summed E-state index contributed by atoms with van der Waals surface area (Å²) in [4.78, 5) is 2.43. The van der Waals surface area contributed by atoms with Gasteiger partial charge >= 0.3 is 0 Å². The van der Waals surface area contributed by atoms with Crippen LogP contribution in [0.5, 0.6) is 0 Å². The Labute approximate surface area is 122 Å². The average Bonchev–Trinajstić information content (AvgIpc) is 2.45. The van der Waals surface area contributed by atoms with Crippen LogP contribution in [0.1, 0.15) is 20.3 Å². The number of nitrogens with zero attached hydrogens (tertiary/aromatic N) is 1. The van der Waals surface area contributed by atoms with Crippen molar-refractivity contribution in [3.63, 3.8) is 0 Å². The molecule has 0 radical (unpaired) electrons. The SMILES string of the molecule is CCC(C)N(C)CCNS(=O)(=O)c1ccccc1NC. The Kier molecular flexibility index (Phi) is 6.45. The van der Waals surface area contributed by atoms with Crippen LogP contribution in [-0.4, -0.2) is 46.5 Å². The third kappa shape index (κ3) is 4.47. The predicted octanol–water partition coefficient (Wildman–Crippen LogP) is 1.74. The number of benzene rings is 1. The van der Waals surface area contributed by atoms with E-state index in [1.165, 1.54) is 0 Å². The van der Waals surface area contributed by atoms with Gasteiger partial charge in [-0.15, -0.1) is 0 Å². The van der Waals surface area contributed by atoms with E-state index in [4.69, 9.17) is 0 Å². The summed E-state index contributed by atoms with van der Waals surface area (Å²) in [5, 5.41) is 2.90. The van der Waals surface area contributed by atoms with Gasteiger partial charge in [0.15, 0.2) is 0 Å². The molecule has 0 saturated carbocycles. The number of sulfonamides is 1. The van der Waals surface area contributed by atoms with Crippen LogP contribution >= 0.6 is 0 Å². The van der Waals surface area contributed by atoms with Crippen LogP contribution in [0.3, 0.4) is 0 Å². The van der Waals surface area contributed by atoms with Crippen LogP contribution in [0.4, 0.5) is 5.69 Å². The number of anilines is 1. The minimum absolute atomic E-state index is 0.286. The zero-order chi connectivity index (χ0) is 15.2. The molecule has 1 unspecified atom stereocenters. The van der Waals surface area contributed by atoms with Gasteiger partial charge in [-0.05, 0) is 32.5 Å². The van der Waals surface area contributed by atoms with E-state index >= 15 is 0 Å². The molecule has 6 heteroatoms. The first kappa shape index (κ1) is 16.9. The molecule has 0 aliphatic heterocycles. The fourth-order valence-corrected chi connectivity index (χ4v) is 3.11. The number of hydrogen-bond acceptors (Lipinski definition) is 4. The van der Waals surface area contributed by atoms with Crippen LogP contribution in [0, 0.1) is 0 Å². The van der Waals surface area contributed by atoms with Gasteiger partial charge in [-0.25, -0.2) is 13.1 Å². The van der Waals surface area contributed by atoms with Crippen LogP contribution in [0.25, 0.3) is 0 Å². The van der Waals surface area contributed by atoms with Crippen molar-refractivity contribution in [3.05, 3.63) is 24.3 Å². The van der Waals surface area contributed by atoms with Gasteiger partial charge in [0.05, 0.1) is 5.69 Å². The highest BCUT2D eigenvalue weighted by atomic mass is 32.2. The Morgan fingerprint density at radius 1 is 1.30 bits per heavy atom.